The predicted molar refractivity (Wildman–Crippen MR) is 103 cm³/mol. The van der Waals surface area contributed by atoms with E-state index in [1.54, 1.807) is 7.05 Å². The molecule has 9 nitrogen and oxygen atoms in total. The Morgan fingerprint density at radius 3 is 2.77 bits per heavy atom. The molecule has 3 aliphatic heterocycles. The van der Waals surface area contributed by atoms with Crippen LogP contribution in [0.25, 0.3) is 0 Å². The number of aryl methyl sites for hydroxylation is 1. The molecule has 0 amide bonds. The first kappa shape index (κ1) is 20.0. The Morgan fingerprint density at radius 2 is 2.16 bits per heavy atom. The van der Waals surface area contributed by atoms with Crippen LogP contribution in [-0.4, -0.2) is 68.9 Å². The van der Waals surface area contributed by atoms with Crippen LogP contribution < -0.4 is 15.4 Å². The van der Waals surface area contributed by atoms with Gasteiger partial charge in [-0.1, -0.05) is 0 Å². The summed E-state index contributed by atoms with van der Waals surface area (Å²) in [6.07, 6.45) is -1.36. The Kier molecular flexibility index (Phi) is 4.57. The van der Waals surface area contributed by atoms with E-state index in [9.17, 15) is 22.8 Å². The highest BCUT2D eigenvalue weighted by Crippen LogP contribution is 2.36. The molecule has 2 bridgehead atoms. The molecule has 2 fully saturated rings. The second-order valence-electron chi connectivity index (χ2n) is 8.19. The maximum absolute atomic E-state index is 13.9. The van der Waals surface area contributed by atoms with Gasteiger partial charge in [0.25, 0.3) is 5.56 Å². The molecule has 3 atom stereocenters. The molecule has 31 heavy (non-hydrogen) atoms. The Labute approximate surface area is 175 Å². The van der Waals surface area contributed by atoms with Crippen LogP contribution in [0.2, 0.25) is 0 Å². The third kappa shape index (κ3) is 3.38. The number of morpholine rings is 1. The van der Waals surface area contributed by atoms with E-state index in [2.05, 4.69) is 9.97 Å². The van der Waals surface area contributed by atoms with Crippen LogP contribution >= 0.6 is 0 Å². The van der Waals surface area contributed by atoms with E-state index in [-0.39, 0.29) is 36.8 Å². The molecule has 0 aromatic carbocycles. The number of carbonyl (C=O) groups is 1. The maximum atomic E-state index is 13.9. The summed E-state index contributed by atoms with van der Waals surface area (Å²) in [5.41, 5.74) is -0.243. The molecule has 5 rings (SSSR count). The smallest absolute Gasteiger partial charge is 0.374 e. The topological polar surface area (TPSA) is 85.5 Å². The first-order valence-corrected chi connectivity index (χ1v) is 10.1. The number of rotatable bonds is 4. The molecule has 2 aromatic heterocycles. The minimum Gasteiger partial charge on any atom is -0.374 e. The molecule has 0 saturated carbocycles. The summed E-state index contributed by atoms with van der Waals surface area (Å²) in [5, 5.41) is 0. The average molecular weight is 438 g/mol. The SMILES string of the molecule is Cn1cncc1C(=O)CN1c2nc(N3CC4CC3CO4)cc(=O)n2CC[C@H]1C(F)(F)F. The van der Waals surface area contributed by atoms with Gasteiger partial charge >= 0.3 is 6.18 Å². The van der Waals surface area contributed by atoms with Gasteiger partial charge in [-0.2, -0.15) is 18.2 Å². The van der Waals surface area contributed by atoms with Crippen molar-refractivity contribution < 1.29 is 22.7 Å². The lowest BCUT2D eigenvalue weighted by Gasteiger charge is -2.39. The molecule has 5 heterocycles. The van der Waals surface area contributed by atoms with Crippen molar-refractivity contribution in [3.05, 3.63) is 34.6 Å². The Balaban J connectivity index is 1.55. The van der Waals surface area contributed by atoms with Crippen LogP contribution in [0, 0.1) is 0 Å². The molecule has 0 radical (unpaired) electrons. The number of ketones is 1. The number of imidazole rings is 1. The summed E-state index contributed by atoms with van der Waals surface area (Å²) in [6.45, 7) is 0.363. The molecule has 2 saturated heterocycles. The van der Waals surface area contributed by atoms with Gasteiger partial charge in [0.05, 0.1) is 37.8 Å². The number of ether oxygens (including phenoxy) is 1. The van der Waals surface area contributed by atoms with Gasteiger partial charge < -0.3 is 19.1 Å². The van der Waals surface area contributed by atoms with Crippen molar-refractivity contribution in [2.75, 3.05) is 29.5 Å². The standard InChI is InChI=1S/C19H21F3N6O3/c1-25-10-23-6-13(25)14(29)8-28-15(19(20,21)22)2-3-26-17(30)5-16(24-18(26)28)27-7-12-4-11(27)9-31-12/h5-6,10-12,15H,2-4,7-9H2,1H3/t11?,12?,15-/m0/s1. The largest absolute Gasteiger partial charge is 0.408 e. The molecule has 166 valence electrons. The summed E-state index contributed by atoms with van der Waals surface area (Å²) in [7, 11) is 1.59. The Hall–Kier alpha value is -2.89. The predicted octanol–water partition coefficient (Wildman–Crippen LogP) is 0.978. The van der Waals surface area contributed by atoms with Gasteiger partial charge in [-0.05, 0) is 12.8 Å². The zero-order valence-corrected chi connectivity index (χ0v) is 16.7. The monoisotopic (exact) mass is 438 g/mol. The van der Waals surface area contributed by atoms with Gasteiger partial charge in [-0.3, -0.25) is 14.2 Å². The number of fused-ring (bicyclic) bond motifs is 3. The van der Waals surface area contributed by atoms with Gasteiger partial charge in [0.1, 0.15) is 17.6 Å². The highest BCUT2D eigenvalue weighted by atomic mass is 19.4. The van der Waals surface area contributed by atoms with E-state index >= 15 is 0 Å². The first-order valence-electron chi connectivity index (χ1n) is 10.1. The number of alkyl halides is 3. The molecule has 0 N–H and O–H groups in total. The second kappa shape index (κ2) is 7.08. The van der Waals surface area contributed by atoms with E-state index in [4.69, 9.17) is 4.74 Å². The van der Waals surface area contributed by atoms with E-state index in [1.807, 2.05) is 4.90 Å². The Bertz CT molecular complexity index is 1080. The maximum Gasteiger partial charge on any atom is 0.408 e. The van der Waals surface area contributed by atoms with E-state index < -0.39 is 30.1 Å². The minimum absolute atomic E-state index is 0.0380. The van der Waals surface area contributed by atoms with Gasteiger partial charge in [-0.25, -0.2) is 4.98 Å². The fourth-order valence-corrected chi connectivity index (χ4v) is 4.67. The summed E-state index contributed by atoms with van der Waals surface area (Å²) in [4.78, 5) is 36.7. The lowest BCUT2D eigenvalue weighted by Crippen LogP contribution is -2.54. The van der Waals surface area contributed by atoms with Crippen molar-refractivity contribution in [2.24, 2.45) is 7.05 Å². The van der Waals surface area contributed by atoms with Crippen LogP contribution in [0.5, 0.6) is 0 Å². The molecule has 3 aliphatic rings. The zero-order valence-electron chi connectivity index (χ0n) is 16.7. The summed E-state index contributed by atoms with van der Waals surface area (Å²) < 4.78 is 49.8. The lowest BCUT2D eigenvalue weighted by molar-refractivity contribution is -0.152. The van der Waals surface area contributed by atoms with Crippen LogP contribution in [-0.2, 0) is 18.3 Å². The van der Waals surface area contributed by atoms with Gasteiger partial charge in [0.2, 0.25) is 5.95 Å². The van der Waals surface area contributed by atoms with Gasteiger partial charge in [0, 0.05) is 26.2 Å². The molecular formula is C19H21F3N6O3. The van der Waals surface area contributed by atoms with E-state index in [0.717, 1.165) is 11.3 Å². The number of Topliss-reactive ketones (excluding diaryl/α,β-unsaturated/α-hetero) is 1. The van der Waals surface area contributed by atoms with Crippen LogP contribution in [0.4, 0.5) is 24.9 Å². The molecule has 2 unspecified atom stereocenters. The van der Waals surface area contributed by atoms with E-state index in [1.165, 1.54) is 27.7 Å². The van der Waals surface area contributed by atoms with Crippen molar-refractivity contribution in [3.8, 4) is 0 Å². The third-order valence-corrected chi connectivity index (χ3v) is 6.22. The third-order valence-electron chi connectivity index (χ3n) is 6.22. The number of halogens is 3. The number of hydrogen-bond acceptors (Lipinski definition) is 7. The normalized spacial score (nSPS) is 25.2. The van der Waals surface area contributed by atoms with Crippen LogP contribution in [0.1, 0.15) is 23.3 Å². The highest BCUT2D eigenvalue weighted by Gasteiger charge is 2.48. The summed E-state index contributed by atoms with van der Waals surface area (Å²) in [6, 6.07) is -0.504. The summed E-state index contributed by atoms with van der Waals surface area (Å²) in [5.74, 6) is -0.334. The van der Waals surface area contributed by atoms with Crippen LogP contribution in [0.15, 0.2) is 23.4 Å². The number of aromatic nitrogens is 4. The second-order valence-corrected chi connectivity index (χ2v) is 8.19. The number of hydrogen-bond donors (Lipinski definition) is 0. The quantitative estimate of drug-likeness (QED) is 0.658. The highest BCUT2D eigenvalue weighted by molar-refractivity contribution is 5.97. The van der Waals surface area contributed by atoms with Crippen LogP contribution in [0.3, 0.4) is 0 Å². The number of nitrogens with zero attached hydrogens (tertiary/aromatic N) is 6. The van der Waals surface area contributed by atoms with Crippen molar-refractivity contribution in [1.82, 2.24) is 19.1 Å². The minimum atomic E-state index is -4.58. The van der Waals surface area contributed by atoms with Gasteiger partial charge in [-0.15, -0.1) is 0 Å². The van der Waals surface area contributed by atoms with Crippen molar-refractivity contribution >= 4 is 17.5 Å². The number of carbonyl (C=O) groups excluding carboxylic acids is 1. The summed E-state index contributed by atoms with van der Waals surface area (Å²) >= 11 is 0. The molecule has 0 spiro atoms. The van der Waals surface area contributed by atoms with Crippen molar-refractivity contribution in [1.29, 1.82) is 0 Å². The fraction of sp³-hybridized carbons (Fsp3) is 0.579. The Morgan fingerprint density at radius 1 is 1.35 bits per heavy atom. The molecule has 2 aromatic rings. The van der Waals surface area contributed by atoms with Gasteiger partial charge in [0.15, 0.2) is 5.78 Å². The van der Waals surface area contributed by atoms with Crippen molar-refractivity contribution in [3.63, 3.8) is 0 Å². The average Bonchev–Trinajstić information content (AvgIpc) is 3.44. The molecular weight excluding hydrogens is 417 g/mol. The van der Waals surface area contributed by atoms with E-state index in [0.29, 0.717) is 19.0 Å². The fourth-order valence-electron chi connectivity index (χ4n) is 4.67. The zero-order chi connectivity index (χ0) is 21.9. The van der Waals surface area contributed by atoms with Crippen molar-refractivity contribution in [2.45, 2.75) is 43.8 Å². The molecule has 0 aliphatic carbocycles. The molecule has 12 heteroatoms. The number of anilines is 2. The first-order chi connectivity index (χ1) is 14.7. The lowest BCUT2D eigenvalue weighted by atomic mass is 10.1.